The number of rotatable bonds is 8. The lowest BCUT2D eigenvalue weighted by Gasteiger charge is -2.10. The maximum Gasteiger partial charge on any atom is 0.221 e. The van der Waals surface area contributed by atoms with Crippen molar-refractivity contribution >= 4 is 28.8 Å². The highest BCUT2D eigenvalue weighted by atomic mass is 32.1. The first-order chi connectivity index (χ1) is 9.15. The Hall–Kier alpha value is -1.73. The van der Waals surface area contributed by atoms with E-state index in [0.717, 1.165) is 5.69 Å². The first kappa shape index (κ1) is 15.3. The van der Waals surface area contributed by atoms with Gasteiger partial charge >= 0.3 is 0 Å². The van der Waals surface area contributed by atoms with Crippen molar-refractivity contribution in [3.05, 3.63) is 24.0 Å². The Labute approximate surface area is 117 Å². The monoisotopic (exact) mass is 282 g/mol. The van der Waals surface area contributed by atoms with Gasteiger partial charge in [-0.15, -0.1) is 0 Å². The lowest BCUT2D eigenvalue weighted by molar-refractivity contribution is -0.121. The second kappa shape index (κ2) is 8.39. The highest BCUT2D eigenvalue weighted by Gasteiger charge is 2.06. The molecule has 0 aliphatic heterocycles. The highest BCUT2D eigenvalue weighted by Crippen LogP contribution is 2.11. The van der Waals surface area contributed by atoms with Crippen LogP contribution in [-0.2, 0) is 9.53 Å². The number of carbonyl (C=O) groups is 1. The number of nitrogens with two attached hydrogens (primary N) is 1. The molecule has 7 heteroatoms. The molecule has 0 fully saturated rings. The summed E-state index contributed by atoms with van der Waals surface area (Å²) in [5.41, 5.74) is 6.84. The molecular formula is C12H18N4O2S. The van der Waals surface area contributed by atoms with Crippen LogP contribution in [0.5, 0.6) is 0 Å². The maximum atomic E-state index is 11.5. The first-order valence-electron chi connectivity index (χ1n) is 5.89. The number of hydrogen-bond donors (Lipinski definition) is 3. The van der Waals surface area contributed by atoms with E-state index in [1.54, 1.807) is 19.4 Å². The molecule has 0 aromatic carbocycles. The zero-order valence-electron chi connectivity index (χ0n) is 10.8. The fourth-order valence-electron chi connectivity index (χ4n) is 1.44. The molecule has 0 unspecified atom stereocenters. The van der Waals surface area contributed by atoms with Gasteiger partial charge in [0.15, 0.2) is 0 Å². The van der Waals surface area contributed by atoms with E-state index in [1.165, 1.54) is 0 Å². The van der Waals surface area contributed by atoms with Gasteiger partial charge in [-0.05, 0) is 12.1 Å². The number of thiocarbonyl (C=S) groups is 1. The van der Waals surface area contributed by atoms with Gasteiger partial charge in [0.1, 0.15) is 10.7 Å². The first-order valence-corrected chi connectivity index (χ1v) is 6.30. The molecular weight excluding hydrogens is 264 g/mol. The van der Waals surface area contributed by atoms with Crippen LogP contribution in [0.4, 0.5) is 5.69 Å². The molecule has 104 valence electrons. The molecule has 0 saturated carbocycles. The summed E-state index contributed by atoms with van der Waals surface area (Å²) in [5.74, 6) is -0.0367. The molecule has 0 atom stereocenters. The summed E-state index contributed by atoms with van der Waals surface area (Å²) < 4.78 is 4.84. The number of ether oxygens (including phenoxy) is 1. The van der Waals surface area contributed by atoms with Crippen LogP contribution in [0.2, 0.25) is 0 Å². The van der Waals surface area contributed by atoms with Crippen molar-refractivity contribution < 1.29 is 9.53 Å². The van der Waals surface area contributed by atoms with Gasteiger partial charge in [0.25, 0.3) is 0 Å². The number of nitrogens with zero attached hydrogens (tertiary/aromatic N) is 1. The number of amides is 1. The van der Waals surface area contributed by atoms with Crippen molar-refractivity contribution in [2.24, 2.45) is 5.73 Å². The van der Waals surface area contributed by atoms with Crippen LogP contribution in [0.1, 0.15) is 12.1 Å². The van der Waals surface area contributed by atoms with E-state index < -0.39 is 0 Å². The summed E-state index contributed by atoms with van der Waals surface area (Å²) in [6.07, 6.45) is 1.98. The van der Waals surface area contributed by atoms with Crippen LogP contribution in [0, 0.1) is 0 Å². The molecule has 0 saturated heterocycles. The Bertz CT molecular complexity index is 439. The molecule has 1 aromatic rings. The van der Waals surface area contributed by atoms with Gasteiger partial charge in [0.05, 0.1) is 12.3 Å². The maximum absolute atomic E-state index is 11.5. The molecule has 0 bridgehead atoms. The van der Waals surface area contributed by atoms with Crippen LogP contribution in [0.15, 0.2) is 18.3 Å². The van der Waals surface area contributed by atoms with E-state index >= 15 is 0 Å². The normalized spacial score (nSPS) is 9.95. The molecule has 0 aliphatic rings. The van der Waals surface area contributed by atoms with E-state index in [0.29, 0.717) is 31.8 Å². The largest absolute Gasteiger partial charge is 0.388 e. The fraction of sp³-hybridized carbons (Fsp3) is 0.417. The molecule has 0 radical (unpaired) electrons. The Balaban J connectivity index is 2.37. The SMILES string of the molecule is COCCNC(=O)CCNc1cccnc1C(N)=S. The van der Waals surface area contributed by atoms with Gasteiger partial charge in [-0.1, -0.05) is 12.2 Å². The number of anilines is 1. The number of methoxy groups -OCH3 is 1. The molecule has 4 N–H and O–H groups in total. The van der Waals surface area contributed by atoms with Gasteiger partial charge in [-0.2, -0.15) is 0 Å². The summed E-state index contributed by atoms with van der Waals surface area (Å²) in [6.45, 7) is 1.51. The number of pyridine rings is 1. The van der Waals surface area contributed by atoms with Crippen LogP contribution >= 0.6 is 12.2 Å². The van der Waals surface area contributed by atoms with E-state index in [-0.39, 0.29) is 10.9 Å². The minimum absolute atomic E-state index is 0.0367. The zero-order valence-corrected chi connectivity index (χ0v) is 11.6. The van der Waals surface area contributed by atoms with Crippen LogP contribution in [0.25, 0.3) is 0 Å². The summed E-state index contributed by atoms with van der Waals surface area (Å²) >= 11 is 4.90. The Morgan fingerprint density at radius 3 is 3.00 bits per heavy atom. The molecule has 1 rings (SSSR count). The summed E-state index contributed by atoms with van der Waals surface area (Å²) in [4.78, 5) is 15.8. The molecule has 0 aliphatic carbocycles. The van der Waals surface area contributed by atoms with Crippen molar-refractivity contribution in [2.45, 2.75) is 6.42 Å². The summed E-state index contributed by atoms with van der Waals surface area (Å²) in [6, 6.07) is 3.60. The van der Waals surface area contributed by atoms with Crippen molar-refractivity contribution in [1.29, 1.82) is 0 Å². The summed E-state index contributed by atoms with van der Waals surface area (Å²) in [7, 11) is 1.59. The third-order valence-corrected chi connectivity index (χ3v) is 2.53. The molecule has 6 nitrogen and oxygen atoms in total. The average molecular weight is 282 g/mol. The van der Waals surface area contributed by atoms with Gasteiger partial charge in [-0.25, -0.2) is 0 Å². The fourth-order valence-corrected chi connectivity index (χ4v) is 1.60. The molecule has 1 aromatic heterocycles. The Kier molecular flexibility index (Phi) is 6.76. The Morgan fingerprint density at radius 1 is 1.53 bits per heavy atom. The minimum Gasteiger partial charge on any atom is -0.388 e. The molecule has 1 amide bonds. The van der Waals surface area contributed by atoms with Crippen molar-refractivity contribution in [1.82, 2.24) is 10.3 Å². The molecule has 19 heavy (non-hydrogen) atoms. The molecule has 0 spiro atoms. The number of hydrogen-bond acceptors (Lipinski definition) is 5. The molecule has 1 heterocycles. The smallest absolute Gasteiger partial charge is 0.221 e. The lowest BCUT2D eigenvalue weighted by atomic mass is 10.3. The van der Waals surface area contributed by atoms with E-state index in [4.69, 9.17) is 22.7 Å². The van der Waals surface area contributed by atoms with Crippen molar-refractivity contribution in [2.75, 3.05) is 32.1 Å². The predicted molar refractivity (Wildman–Crippen MR) is 78.1 cm³/mol. The number of carbonyl (C=O) groups excluding carboxylic acids is 1. The average Bonchev–Trinajstić information content (AvgIpc) is 2.39. The van der Waals surface area contributed by atoms with Gasteiger partial charge in [-0.3, -0.25) is 9.78 Å². The van der Waals surface area contributed by atoms with Crippen LogP contribution in [-0.4, -0.2) is 42.7 Å². The quantitative estimate of drug-likeness (QED) is 0.469. The lowest BCUT2D eigenvalue weighted by Crippen LogP contribution is -2.28. The number of aromatic nitrogens is 1. The van der Waals surface area contributed by atoms with E-state index in [2.05, 4.69) is 15.6 Å². The Morgan fingerprint density at radius 2 is 2.32 bits per heavy atom. The van der Waals surface area contributed by atoms with Crippen molar-refractivity contribution in [3.63, 3.8) is 0 Å². The number of nitrogens with one attached hydrogen (secondary N) is 2. The van der Waals surface area contributed by atoms with Gasteiger partial charge in [0.2, 0.25) is 5.91 Å². The van der Waals surface area contributed by atoms with Crippen molar-refractivity contribution in [3.8, 4) is 0 Å². The minimum atomic E-state index is -0.0367. The topological polar surface area (TPSA) is 89.3 Å². The second-order valence-corrected chi connectivity index (χ2v) is 4.22. The second-order valence-electron chi connectivity index (χ2n) is 3.78. The van der Waals surface area contributed by atoms with Gasteiger partial charge < -0.3 is 21.1 Å². The third kappa shape index (κ3) is 5.62. The third-order valence-electron chi connectivity index (χ3n) is 2.34. The van der Waals surface area contributed by atoms with Crippen LogP contribution in [0.3, 0.4) is 0 Å². The van der Waals surface area contributed by atoms with E-state index in [1.807, 2.05) is 6.07 Å². The van der Waals surface area contributed by atoms with Gasteiger partial charge in [0, 0.05) is 32.8 Å². The summed E-state index contributed by atoms with van der Waals surface area (Å²) in [5, 5.41) is 5.83. The van der Waals surface area contributed by atoms with Crippen LogP contribution < -0.4 is 16.4 Å². The highest BCUT2D eigenvalue weighted by molar-refractivity contribution is 7.80. The zero-order chi connectivity index (χ0) is 14.1. The predicted octanol–water partition coefficient (Wildman–Crippen LogP) is 0.280. The standard InChI is InChI=1S/C12H18N4O2S/c1-18-8-7-15-10(17)4-6-14-9-3-2-5-16-11(9)12(13)19/h2-3,5,14H,4,6-8H2,1H3,(H2,13,19)(H,15,17). The van der Waals surface area contributed by atoms with E-state index in [9.17, 15) is 4.79 Å².